The van der Waals surface area contributed by atoms with Gasteiger partial charge in [-0.3, -0.25) is 0 Å². The van der Waals surface area contributed by atoms with E-state index in [1.807, 2.05) is 0 Å². The van der Waals surface area contributed by atoms with Crippen LogP contribution < -0.4 is 5.46 Å². The molecule has 198 valence electrons. The molecular formula is C35H43BO2. The molecule has 8 bridgehead atoms. The molecule has 3 heteroatoms. The zero-order valence-corrected chi connectivity index (χ0v) is 23.3. The second kappa shape index (κ2) is 7.38. The predicted octanol–water partition coefficient (Wildman–Crippen LogP) is 6.61. The predicted molar refractivity (Wildman–Crippen MR) is 154 cm³/mol. The van der Waals surface area contributed by atoms with E-state index in [-0.39, 0.29) is 10.8 Å². The molecule has 9 aliphatic carbocycles. The average Bonchev–Trinajstić information content (AvgIpc) is 3.08. The van der Waals surface area contributed by atoms with Crippen molar-refractivity contribution in [3.05, 3.63) is 52.6 Å². The van der Waals surface area contributed by atoms with E-state index in [1.54, 1.807) is 5.56 Å². The van der Waals surface area contributed by atoms with E-state index in [1.165, 1.54) is 99.3 Å². The van der Waals surface area contributed by atoms with E-state index in [2.05, 4.69) is 44.2 Å². The van der Waals surface area contributed by atoms with Crippen molar-refractivity contribution >= 4 is 12.6 Å². The monoisotopic (exact) mass is 506 g/mol. The van der Waals surface area contributed by atoms with Gasteiger partial charge in [-0.05, 0) is 162 Å². The fourth-order valence-corrected chi connectivity index (χ4v) is 12.7. The Morgan fingerprint density at radius 1 is 0.605 bits per heavy atom. The van der Waals surface area contributed by atoms with Crippen molar-refractivity contribution in [2.45, 2.75) is 107 Å². The summed E-state index contributed by atoms with van der Waals surface area (Å²) in [6, 6.07) is 12.2. The molecule has 0 spiro atoms. The van der Waals surface area contributed by atoms with Crippen molar-refractivity contribution in [1.82, 2.24) is 0 Å². The summed E-state index contributed by atoms with van der Waals surface area (Å²) in [5.74, 6) is 5.47. The Bertz CT molecular complexity index is 1280. The van der Waals surface area contributed by atoms with Gasteiger partial charge in [-0.25, -0.2) is 0 Å². The SMILES string of the molecule is CC1(C)c2cc(C34CC5CC(CC(C5)C3)C4)ccc2-c2c(B(O)O)cc(C34CC5CC(CC(C5)C3)C4)cc21. The smallest absolute Gasteiger partial charge is 0.423 e. The van der Waals surface area contributed by atoms with Crippen LogP contribution in [0.4, 0.5) is 0 Å². The Morgan fingerprint density at radius 3 is 1.53 bits per heavy atom. The van der Waals surface area contributed by atoms with Crippen molar-refractivity contribution in [2.24, 2.45) is 35.5 Å². The highest BCUT2D eigenvalue weighted by Gasteiger charge is 2.54. The molecule has 8 saturated carbocycles. The van der Waals surface area contributed by atoms with Gasteiger partial charge in [0.15, 0.2) is 0 Å². The summed E-state index contributed by atoms with van der Waals surface area (Å²) in [6.07, 6.45) is 16.8. The van der Waals surface area contributed by atoms with Crippen LogP contribution in [0.15, 0.2) is 30.3 Å². The number of hydrogen-bond acceptors (Lipinski definition) is 2. The average molecular weight is 507 g/mol. The number of fused-ring (bicyclic) bond motifs is 3. The molecule has 38 heavy (non-hydrogen) atoms. The van der Waals surface area contributed by atoms with Crippen molar-refractivity contribution < 1.29 is 10.0 Å². The van der Waals surface area contributed by atoms with Gasteiger partial charge in [0.2, 0.25) is 0 Å². The van der Waals surface area contributed by atoms with Crippen molar-refractivity contribution in [1.29, 1.82) is 0 Å². The molecule has 0 heterocycles. The molecule has 0 saturated heterocycles. The molecule has 2 nitrogen and oxygen atoms in total. The fraction of sp³-hybridized carbons (Fsp3) is 0.657. The van der Waals surface area contributed by atoms with Crippen LogP contribution in [0.1, 0.15) is 113 Å². The lowest BCUT2D eigenvalue weighted by Crippen LogP contribution is -2.49. The zero-order valence-electron chi connectivity index (χ0n) is 23.3. The van der Waals surface area contributed by atoms with E-state index < -0.39 is 7.12 Å². The summed E-state index contributed by atoms with van der Waals surface area (Å²) < 4.78 is 0. The lowest BCUT2D eigenvalue weighted by molar-refractivity contribution is -0.00529. The van der Waals surface area contributed by atoms with E-state index in [0.717, 1.165) is 46.5 Å². The van der Waals surface area contributed by atoms with Gasteiger partial charge in [0.25, 0.3) is 0 Å². The molecule has 2 aromatic rings. The fourth-order valence-electron chi connectivity index (χ4n) is 12.7. The van der Waals surface area contributed by atoms with Gasteiger partial charge in [0.1, 0.15) is 0 Å². The molecule has 0 amide bonds. The molecular weight excluding hydrogens is 463 g/mol. The van der Waals surface area contributed by atoms with Gasteiger partial charge in [-0.2, -0.15) is 0 Å². The summed E-state index contributed by atoms with van der Waals surface area (Å²) in [7, 11) is -1.43. The quantitative estimate of drug-likeness (QED) is 0.460. The summed E-state index contributed by atoms with van der Waals surface area (Å²) >= 11 is 0. The molecule has 11 rings (SSSR count). The molecule has 0 unspecified atom stereocenters. The van der Waals surface area contributed by atoms with Crippen LogP contribution in [-0.4, -0.2) is 17.2 Å². The van der Waals surface area contributed by atoms with Crippen LogP contribution in [0.2, 0.25) is 0 Å². The minimum atomic E-state index is -1.43. The van der Waals surface area contributed by atoms with Gasteiger partial charge in [-0.15, -0.1) is 0 Å². The standard InChI is InChI=1S/C35H43BO2/c1-33(2)29-11-26(34-14-20-5-21(15-34)7-22(6-20)16-34)3-4-28(29)32-30(33)12-27(13-31(32)36(37)38)35-17-23-8-24(18-35)10-25(9-23)19-35/h3-4,11-13,20-25,37-38H,5-10,14-19H2,1-2H3. The van der Waals surface area contributed by atoms with E-state index in [9.17, 15) is 10.0 Å². The Labute approximate surface area is 228 Å². The molecule has 0 aromatic heterocycles. The van der Waals surface area contributed by atoms with Crippen molar-refractivity contribution in [3.63, 3.8) is 0 Å². The molecule has 9 aliphatic rings. The van der Waals surface area contributed by atoms with Crippen LogP contribution in [0.25, 0.3) is 11.1 Å². The van der Waals surface area contributed by atoms with Crippen LogP contribution in [0.3, 0.4) is 0 Å². The Morgan fingerprint density at radius 2 is 1.05 bits per heavy atom. The maximum Gasteiger partial charge on any atom is 0.489 e. The van der Waals surface area contributed by atoms with E-state index in [0.29, 0.717) is 5.41 Å². The number of rotatable bonds is 3. The Kier molecular flexibility index (Phi) is 4.50. The first-order chi connectivity index (χ1) is 18.2. The van der Waals surface area contributed by atoms with Crippen LogP contribution in [0.5, 0.6) is 0 Å². The maximum absolute atomic E-state index is 10.8. The van der Waals surface area contributed by atoms with Crippen LogP contribution in [0, 0.1) is 35.5 Å². The summed E-state index contributed by atoms with van der Waals surface area (Å²) in [5.41, 5.74) is 9.40. The first kappa shape index (κ1) is 23.2. The molecule has 0 aliphatic heterocycles. The lowest BCUT2D eigenvalue weighted by atomic mass is 9.47. The van der Waals surface area contributed by atoms with Crippen molar-refractivity contribution in [2.75, 3.05) is 0 Å². The third kappa shape index (κ3) is 2.99. The highest BCUT2D eigenvalue weighted by atomic mass is 16.4. The minimum Gasteiger partial charge on any atom is -0.423 e. The summed E-state index contributed by atoms with van der Waals surface area (Å²) in [5, 5.41) is 21.5. The minimum absolute atomic E-state index is 0.120. The second-order valence-corrected chi connectivity index (χ2v) is 16.1. The second-order valence-electron chi connectivity index (χ2n) is 16.1. The third-order valence-corrected chi connectivity index (χ3v) is 13.4. The van der Waals surface area contributed by atoms with E-state index in [4.69, 9.17) is 0 Å². The topological polar surface area (TPSA) is 40.5 Å². The first-order valence-corrected chi connectivity index (χ1v) is 15.9. The normalized spacial score (nSPS) is 42.4. The highest BCUT2D eigenvalue weighted by molar-refractivity contribution is 6.60. The number of hydrogen-bond donors (Lipinski definition) is 2. The first-order valence-electron chi connectivity index (χ1n) is 15.9. The largest absolute Gasteiger partial charge is 0.489 e. The zero-order chi connectivity index (χ0) is 25.6. The van der Waals surface area contributed by atoms with Gasteiger partial charge in [0.05, 0.1) is 0 Å². The van der Waals surface area contributed by atoms with Crippen molar-refractivity contribution in [3.8, 4) is 11.1 Å². The summed E-state index contributed by atoms with van der Waals surface area (Å²) in [6.45, 7) is 4.80. The highest BCUT2D eigenvalue weighted by Crippen LogP contribution is 2.63. The molecule has 0 radical (unpaired) electrons. The van der Waals surface area contributed by atoms with Gasteiger partial charge in [0, 0.05) is 5.41 Å². The molecule has 2 N–H and O–H groups in total. The molecule has 2 aromatic carbocycles. The van der Waals surface area contributed by atoms with Gasteiger partial charge < -0.3 is 10.0 Å². The lowest BCUT2D eigenvalue weighted by Gasteiger charge is -2.57. The Balaban J connectivity index is 1.18. The van der Waals surface area contributed by atoms with Gasteiger partial charge >= 0.3 is 7.12 Å². The van der Waals surface area contributed by atoms with Crippen LogP contribution in [-0.2, 0) is 16.2 Å². The maximum atomic E-state index is 10.8. The number of benzene rings is 2. The van der Waals surface area contributed by atoms with Crippen LogP contribution >= 0.6 is 0 Å². The third-order valence-electron chi connectivity index (χ3n) is 13.4. The Hall–Kier alpha value is -1.58. The molecule has 0 atom stereocenters. The van der Waals surface area contributed by atoms with E-state index >= 15 is 0 Å². The molecule has 8 fully saturated rings. The summed E-state index contributed by atoms with van der Waals surface area (Å²) in [4.78, 5) is 0. The van der Waals surface area contributed by atoms with Gasteiger partial charge in [-0.1, -0.05) is 44.2 Å².